The molecule has 1 aromatic heterocycles. The molecule has 0 spiro atoms. The number of alkyl halides is 3. The molecule has 4 rings (SSSR count). The SMILES string of the molecule is O=C(O)CCCCCCCSc1nc(-c2ccccc2)c(-c2ccccc2)n1-c1ccc(C(F)(F)F)cc1. The van der Waals surface area contributed by atoms with Gasteiger partial charge in [-0.15, -0.1) is 0 Å². The summed E-state index contributed by atoms with van der Waals surface area (Å²) in [6.07, 6.45) is 0.224. The van der Waals surface area contributed by atoms with Crippen molar-refractivity contribution in [1.82, 2.24) is 9.55 Å². The molecular weight excluding hydrogens is 509 g/mol. The van der Waals surface area contributed by atoms with Gasteiger partial charge < -0.3 is 5.11 Å². The smallest absolute Gasteiger partial charge is 0.416 e. The second-order valence-electron chi connectivity index (χ2n) is 8.96. The van der Waals surface area contributed by atoms with Crippen molar-refractivity contribution in [2.45, 2.75) is 49.9 Å². The molecule has 0 saturated carbocycles. The van der Waals surface area contributed by atoms with Crippen LogP contribution in [0.3, 0.4) is 0 Å². The summed E-state index contributed by atoms with van der Waals surface area (Å²) in [5.41, 5.74) is 3.37. The second kappa shape index (κ2) is 12.8. The Kier molecular flexibility index (Phi) is 9.29. The van der Waals surface area contributed by atoms with Crippen LogP contribution in [0.25, 0.3) is 28.2 Å². The number of nitrogens with zero attached hydrogens (tertiary/aromatic N) is 2. The zero-order valence-corrected chi connectivity index (χ0v) is 21.6. The summed E-state index contributed by atoms with van der Waals surface area (Å²) in [6.45, 7) is 0. The zero-order chi connectivity index (χ0) is 27.0. The molecule has 0 bridgehead atoms. The number of aromatic nitrogens is 2. The Morgan fingerprint density at radius 2 is 1.37 bits per heavy atom. The minimum atomic E-state index is -4.41. The summed E-state index contributed by atoms with van der Waals surface area (Å²) in [5, 5.41) is 9.49. The van der Waals surface area contributed by atoms with E-state index < -0.39 is 17.7 Å². The van der Waals surface area contributed by atoms with Crippen molar-refractivity contribution in [1.29, 1.82) is 0 Å². The highest BCUT2D eigenvalue weighted by Crippen LogP contribution is 2.39. The monoisotopic (exact) mass is 538 g/mol. The molecule has 0 amide bonds. The standard InChI is InChI=1S/C30H29F3N2O2S/c31-30(32,33)24-17-19-25(20-18-24)35-28(23-14-8-5-9-15-23)27(22-12-6-4-7-13-22)34-29(35)38-21-11-3-1-2-10-16-26(36)37/h4-9,12-15,17-20H,1-3,10-11,16,21H2,(H,36,37). The topological polar surface area (TPSA) is 55.1 Å². The molecule has 0 fully saturated rings. The predicted octanol–water partition coefficient (Wildman–Crippen LogP) is 8.74. The van der Waals surface area contributed by atoms with E-state index in [0.29, 0.717) is 17.3 Å². The Bertz CT molecular complexity index is 1320. The van der Waals surface area contributed by atoms with Crippen LogP contribution in [0.4, 0.5) is 13.2 Å². The van der Waals surface area contributed by atoms with E-state index in [1.165, 1.54) is 12.1 Å². The van der Waals surface area contributed by atoms with Crippen LogP contribution in [-0.2, 0) is 11.0 Å². The maximum Gasteiger partial charge on any atom is 0.416 e. The molecule has 0 aliphatic rings. The highest BCUT2D eigenvalue weighted by molar-refractivity contribution is 7.99. The van der Waals surface area contributed by atoms with E-state index in [-0.39, 0.29) is 6.42 Å². The number of aliphatic carboxylic acids is 1. The molecule has 0 aliphatic heterocycles. The van der Waals surface area contributed by atoms with Crippen molar-refractivity contribution in [2.75, 3.05) is 5.75 Å². The number of benzene rings is 3. The van der Waals surface area contributed by atoms with Crippen molar-refractivity contribution < 1.29 is 23.1 Å². The number of carboxylic acids is 1. The first-order valence-corrected chi connectivity index (χ1v) is 13.6. The van der Waals surface area contributed by atoms with E-state index in [2.05, 4.69) is 0 Å². The lowest BCUT2D eigenvalue weighted by Gasteiger charge is -2.14. The summed E-state index contributed by atoms with van der Waals surface area (Å²) < 4.78 is 41.8. The Balaban J connectivity index is 1.67. The number of carboxylic acid groups (broad SMARTS) is 1. The zero-order valence-electron chi connectivity index (χ0n) is 20.8. The van der Waals surface area contributed by atoms with E-state index in [1.807, 2.05) is 65.2 Å². The summed E-state index contributed by atoms with van der Waals surface area (Å²) in [6, 6.07) is 24.8. The third-order valence-electron chi connectivity index (χ3n) is 6.16. The first-order chi connectivity index (χ1) is 18.3. The molecule has 4 nitrogen and oxygen atoms in total. The lowest BCUT2D eigenvalue weighted by atomic mass is 10.0. The van der Waals surface area contributed by atoms with Crippen LogP contribution in [0.2, 0.25) is 0 Å². The minimum Gasteiger partial charge on any atom is -0.481 e. The molecule has 198 valence electrons. The molecule has 0 aliphatic carbocycles. The molecule has 0 atom stereocenters. The predicted molar refractivity (Wildman–Crippen MR) is 145 cm³/mol. The molecule has 38 heavy (non-hydrogen) atoms. The fourth-order valence-electron chi connectivity index (χ4n) is 4.27. The summed E-state index contributed by atoms with van der Waals surface area (Å²) in [4.78, 5) is 15.7. The van der Waals surface area contributed by atoms with E-state index >= 15 is 0 Å². The Hall–Kier alpha value is -3.52. The van der Waals surface area contributed by atoms with Crippen LogP contribution < -0.4 is 0 Å². The highest BCUT2D eigenvalue weighted by atomic mass is 32.2. The lowest BCUT2D eigenvalue weighted by molar-refractivity contribution is -0.138. The van der Waals surface area contributed by atoms with Gasteiger partial charge in [0.15, 0.2) is 5.16 Å². The number of rotatable bonds is 12. The minimum absolute atomic E-state index is 0.198. The fourth-order valence-corrected chi connectivity index (χ4v) is 5.28. The first kappa shape index (κ1) is 27.5. The van der Waals surface area contributed by atoms with E-state index in [9.17, 15) is 18.0 Å². The molecule has 0 radical (unpaired) electrons. The normalized spacial score (nSPS) is 11.6. The van der Waals surface area contributed by atoms with Gasteiger partial charge in [-0.25, -0.2) is 4.98 Å². The molecule has 4 aromatic rings. The summed E-state index contributed by atoms with van der Waals surface area (Å²) >= 11 is 1.58. The van der Waals surface area contributed by atoms with Crippen LogP contribution >= 0.6 is 11.8 Å². The average Bonchev–Trinajstić information content (AvgIpc) is 3.30. The summed E-state index contributed by atoms with van der Waals surface area (Å²) in [5.74, 6) is 0.0260. The molecule has 0 unspecified atom stereocenters. The largest absolute Gasteiger partial charge is 0.481 e. The van der Waals surface area contributed by atoms with Gasteiger partial charge in [0.25, 0.3) is 0 Å². The number of hydrogen-bond donors (Lipinski definition) is 1. The van der Waals surface area contributed by atoms with Crippen LogP contribution in [0.5, 0.6) is 0 Å². The Morgan fingerprint density at radius 3 is 1.97 bits per heavy atom. The Morgan fingerprint density at radius 1 is 0.789 bits per heavy atom. The number of thioether (sulfide) groups is 1. The molecule has 8 heteroatoms. The second-order valence-corrected chi connectivity index (χ2v) is 10.0. The van der Waals surface area contributed by atoms with Crippen molar-refractivity contribution in [3.63, 3.8) is 0 Å². The fraction of sp³-hybridized carbons (Fsp3) is 0.267. The third kappa shape index (κ3) is 7.07. The Labute approximate surface area is 224 Å². The number of imidazole rings is 1. The van der Waals surface area contributed by atoms with Gasteiger partial charge in [0, 0.05) is 29.0 Å². The molecule has 1 N–H and O–H groups in total. The van der Waals surface area contributed by atoms with Crippen LogP contribution in [0.1, 0.15) is 44.1 Å². The molecule has 0 saturated heterocycles. The molecular formula is C30H29F3N2O2S. The molecule has 1 heterocycles. The van der Waals surface area contributed by atoms with Crippen molar-refractivity contribution in [3.05, 3.63) is 90.5 Å². The maximum absolute atomic E-state index is 13.3. The van der Waals surface area contributed by atoms with Gasteiger partial charge in [-0.2, -0.15) is 13.2 Å². The van der Waals surface area contributed by atoms with Gasteiger partial charge in [0.1, 0.15) is 0 Å². The van der Waals surface area contributed by atoms with Gasteiger partial charge in [0.05, 0.1) is 17.0 Å². The van der Waals surface area contributed by atoms with Crippen molar-refractivity contribution in [3.8, 4) is 28.2 Å². The molecule has 3 aromatic carbocycles. The van der Waals surface area contributed by atoms with Gasteiger partial charge in [-0.1, -0.05) is 91.7 Å². The lowest BCUT2D eigenvalue weighted by Crippen LogP contribution is -2.06. The summed E-state index contributed by atoms with van der Waals surface area (Å²) in [7, 11) is 0. The van der Waals surface area contributed by atoms with Crippen LogP contribution in [0, 0.1) is 0 Å². The van der Waals surface area contributed by atoms with Gasteiger partial charge >= 0.3 is 12.1 Å². The first-order valence-electron chi connectivity index (χ1n) is 12.6. The number of carbonyl (C=O) groups is 1. The number of hydrogen-bond acceptors (Lipinski definition) is 3. The van der Waals surface area contributed by atoms with Crippen molar-refractivity contribution in [2.24, 2.45) is 0 Å². The van der Waals surface area contributed by atoms with Crippen LogP contribution in [0.15, 0.2) is 90.1 Å². The quantitative estimate of drug-likeness (QED) is 0.145. The maximum atomic E-state index is 13.3. The highest BCUT2D eigenvalue weighted by Gasteiger charge is 2.30. The van der Waals surface area contributed by atoms with E-state index in [1.54, 1.807) is 11.8 Å². The van der Waals surface area contributed by atoms with Gasteiger partial charge in [0.2, 0.25) is 0 Å². The van der Waals surface area contributed by atoms with Gasteiger partial charge in [-0.05, 0) is 37.1 Å². The van der Waals surface area contributed by atoms with E-state index in [4.69, 9.17) is 10.1 Å². The number of unbranched alkanes of at least 4 members (excludes halogenated alkanes) is 4. The number of halogens is 3. The van der Waals surface area contributed by atoms with Crippen molar-refractivity contribution >= 4 is 17.7 Å². The van der Waals surface area contributed by atoms with E-state index in [0.717, 1.165) is 66.1 Å². The van der Waals surface area contributed by atoms with Crippen LogP contribution in [-0.4, -0.2) is 26.4 Å². The average molecular weight is 539 g/mol. The third-order valence-corrected chi connectivity index (χ3v) is 7.18. The van der Waals surface area contributed by atoms with Gasteiger partial charge in [-0.3, -0.25) is 9.36 Å².